The molecule has 4 nitrogen and oxygen atoms in total. The molecule has 1 N–H and O–H groups in total. The fourth-order valence-electron chi connectivity index (χ4n) is 4.91. The molecule has 0 spiro atoms. The van der Waals surface area contributed by atoms with Crippen molar-refractivity contribution in [2.75, 3.05) is 33.3 Å². The van der Waals surface area contributed by atoms with Crippen LogP contribution in [0.4, 0.5) is 0 Å². The van der Waals surface area contributed by atoms with Gasteiger partial charge < -0.3 is 14.8 Å². The number of nitrogens with zero attached hydrogens (tertiary/aromatic N) is 1. The molecular formula is C25H36Cl2N2O2. The van der Waals surface area contributed by atoms with Gasteiger partial charge in [0, 0.05) is 32.2 Å². The van der Waals surface area contributed by atoms with Gasteiger partial charge in [0.05, 0.1) is 7.11 Å². The van der Waals surface area contributed by atoms with E-state index >= 15 is 0 Å². The standard InChI is InChI=1S/C25H34N2O2.2ClH/c1-28-24-18-22(12-13-23(24)29-19-20-8-4-2-5-9-20)25(21-10-6-3-7-11-21)27-16-14-26-15-17-27;;/h2,4-5,8-9,12-13,18,21,25-26H,3,6-7,10-11,14-17,19H2,1H3;2*1H/t25-;;/m0../s1. The number of benzene rings is 2. The minimum absolute atomic E-state index is 0. The van der Waals surface area contributed by atoms with Crippen molar-refractivity contribution in [2.45, 2.75) is 44.8 Å². The predicted molar refractivity (Wildman–Crippen MR) is 132 cm³/mol. The summed E-state index contributed by atoms with van der Waals surface area (Å²) in [6, 6.07) is 17.4. The van der Waals surface area contributed by atoms with E-state index in [1.165, 1.54) is 43.2 Å². The number of ether oxygens (including phenoxy) is 2. The highest BCUT2D eigenvalue weighted by molar-refractivity contribution is 5.85. The van der Waals surface area contributed by atoms with Gasteiger partial charge in [-0.3, -0.25) is 4.90 Å². The average Bonchev–Trinajstić information content (AvgIpc) is 2.80. The quantitative estimate of drug-likeness (QED) is 0.571. The lowest BCUT2D eigenvalue weighted by Gasteiger charge is -2.41. The van der Waals surface area contributed by atoms with Gasteiger partial charge in [0.15, 0.2) is 11.5 Å². The summed E-state index contributed by atoms with van der Waals surface area (Å²) in [4.78, 5) is 2.69. The zero-order valence-corrected chi connectivity index (χ0v) is 20.1. The Morgan fingerprint density at radius 2 is 1.65 bits per heavy atom. The van der Waals surface area contributed by atoms with E-state index in [2.05, 4.69) is 40.5 Å². The van der Waals surface area contributed by atoms with Gasteiger partial charge in [-0.15, -0.1) is 24.8 Å². The molecule has 6 heteroatoms. The molecule has 1 atom stereocenters. The Morgan fingerprint density at radius 1 is 0.935 bits per heavy atom. The third kappa shape index (κ3) is 6.76. The normalized spacial score (nSPS) is 18.4. The summed E-state index contributed by atoms with van der Waals surface area (Å²) in [6.07, 6.45) is 6.79. The SMILES string of the molecule is COc1cc([C@H](C2CCCCC2)N2CCNCC2)ccc1OCc1ccccc1.Cl.Cl. The van der Waals surface area contributed by atoms with E-state index in [9.17, 15) is 0 Å². The van der Waals surface area contributed by atoms with Crippen molar-refractivity contribution in [3.05, 3.63) is 59.7 Å². The summed E-state index contributed by atoms with van der Waals surface area (Å²) in [7, 11) is 1.74. The Morgan fingerprint density at radius 3 is 2.32 bits per heavy atom. The van der Waals surface area contributed by atoms with Gasteiger partial charge in [-0.2, -0.15) is 0 Å². The lowest BCUT2D eigenvalue weighted by molar-refractivity contribution is 0.103. The van der Waals surface area contributed by atoms with Gasteiger partial charge in [-0.05, 0) is 42.0 Å². The highest BCUT2D eigenvalue weighted by Crippen LogP contribution is 2.41. The molecule has 1 saturated heterocycles. The van der Waals surface area contributed by atoms with Gasteiger partial charge in [-0.1, -0.05) is 55.7 Å². The van der Waals surface area contributed by atoms with E-state index in [1.54, 1.807) is 7.11 Å². The van der Waals surface area contributed by atoms with Crippen LogP contribution >= 0.6 is 24.8 Å². The van der Waals surface area contributed by atoms with Gasteiger partial charge >= 0.3 is 0 Å². The first-order valence-corrected chi connectivity index (χ1v) is 11.1. The molecule has 1 aliphatic heterocycles. The lowest BCUT2D eigenvalue weighted by atomic mass is 9.80. The van der Waals surface area contributed by atoms with Crippen molar-refractivity contribution in [1.29, 1.82) is 0 Å². The number of hydrogen-bond donors (Lipinski definition) is 1. The monoisotopic (exact) mass is 466 g/mol. The Kier molecular flexibility index (Phi) is 11.0. The molecule has 0 bridgehead atoms. The zero-order chi connectivity index (χ0) is 19.9. The summed E-state index contributed by atoms with van der Waals surface area (Å²) >= 11 is 0. The number of hydrogen-bond acceptors (Lipinski definition) is 4. The van der Waals surface area contributed by atoms with Crippen molar-refractivity contribution in [3.63, 3.8) is 0 Å². The molecule has 0 radical (unpaired) electrons. The van der Waals surface area contributed by atoms with Crippen LogP contribution in [-0.4, -0.2) is 38.2 Å². The van der Waals surface area contributed by atoms with Crippen LogP contribution in [0.15, 0.2) is 48.5 Å². The Hall–Kier alpha value is -1.46. The minimum Gasteiger partial charge on any atom is -0.493 e. The van der Waals surface area contributed by atoms with E-state index in [0.29, 0.717) is 12.6 Å². The van der Waals surface area contributed by atoms with Crippen LogP contribution in [0.25, 0.3) is 0 Å². The van der Waals surface area contributed by atoms with Crippen LogP contribution in [0.2, 0.25) is 0 Å². The maximum absolute atomic E-state index is 6.09. The molecular weight excluding hydrogens is 431 g/mol. The summed E-state index contributed by atoms with van der Waals surface area (Å²) in [5.74, 6) is 2.40. The second kappa shape index (κ2) is 13.2. The molecule has 0 unspecified atom stereocenters. The Balaban J connectivity index is 0.00000171. The highest BCUT2D eigenvalue weighted by Gasteiger charge is 2.31. The van der Waals surface area contributed by atoms with Crippen molar-refractivity contribution in [3.8, 4) is 11.5 Å². The summed E-state index contributed by atoms with van der Waals surface area (Å²) in [5, 5.41) is 3.50. The van der Waals surface area contributed by atoms with Crippen LogP contribution in [-0.2, 0) is 6.61 Å². The topological polar surface area (TPSA) is 33.7 Å². The third-order valence-corrected chi connectivity index (χ3v) is 6.41. The van der Waals surface area contributed by atoms with E-state index in [-0.39, 0.29) is 24.8 Å². The number of methoxy groups -OCH3 is 1. The molecule has 1 saturated carbocycles. The van der Waals surface area contributed by atoms with Crippen LogP contribution in [0, 0.1) is 5.92 Å². The molecule has 31 heavy (non-hydrogen) atoms. The lowest BCUT2D eigenvalue weighted by Crippen LogP contribution is -2.47. The second-order valence-electron chi connectivity index (χ2n) is 8.31. The van der Waals surface area contributed by atoms with Crippen molar-refractivity contribution in [1.82, 2.24) is 10.2 Å². The summed E-state index contributed by atoms with van der Waals surface area (Å²) in [5.41, 5.74) is 2.54. The van der Waals surface area contributed by atoms with E-state index in [4.69, 9.17) is 9.47 Å². The molecule has 2 aromatic carbocycles. The minimum atomic E-state index is 0. The fraction of sp³-hybridized carbons (Fsp3) is 0.520. The van der Waals surface area contributed by atoms with Crippen molar-refractivity contribution >= 4 is 24.8 Å². The first kappa shape index (κ1) is 25.8. The second-order valence-corrected chi connectivity index (χ2v) is 8.31. The number of piperazine rings is 1. The van der Waals surface area contributed by atoms with Gasteiger partial charge in [0.1, 0.15) is 6.61 Å². The van der Waals surface area contributed by atoms with Crippen molar-refractivity contribution in [2.24, 2.45) is 5.92 Å². The van der Waals surface area contributed by atoms with Crippen LogP contribution in [0.3, 0.4) is 0 Å². The Bertz CT molecular complexity index is 745. The largest absolute Gasteiger partial charge is 0.493 e. The smallest absolute Gasteiger partial charge is 0.161 e. The van der Waals surface area contributed by atoms with E-state index in [1.807, 2.05) is 18.2 Å². The number of nitrogens with one attached hydrogen (secondary N) is 1. The molecule has 1 heterocycles. The summed E-state index contributed by atoms with van der Waals surface area (Å²) < 4.78 is 11.8. The highest BCUT2D eigenvalue weighted by atomic mass is 35.5. The first-order valence-electron chi connectivity index (χ1n) is 11.1. The number of rotatable bonds is 7. The van der Waals surface area contributed by atoms with Crippen LogP contribution < -0.4 is 14.8 Å². The molecule has 2 aliphatic rings. The van der Waals surface area contributed by atoms with Gasteiger partial charge in [0.25, 0.3) is 0 Å². The first-order chi connectivity index (χ1) is 14.3. The van der Waals surface area contributed by atoms with E-state index in [0.717, 1.165) is 43.6 Å². The summed E-state index contributed by atoms with van der Waals surface area (Å²) in [6.45, 7) is 4.96. The molecule has 4 rings (SSSR count). The van der Waals surface area contributed by atoms with E-state index < -0.39 is 0 Å². The molecule has 1 aliphatic carbocycles. The van der Waals surface area contributed by atoms with Crippen LogP contribution in [0.1, 0.15) is 49.3 Å². The third-order valence-electron chi connectivity index (χ3n) is 6.41. The zero-order valence-electron chi connectivity index (χ0n) is 18.4. The number of halogens is 2. The molecule has 2 aromatic rings. The molecule has 2 fully saturated rings. The van der Waals surface area contributed by atoms with Crippen molar-refractivity contribution < 1.29 is 9.47 Å². The molecule has 172 valence electrons. The Labute approximate surface area is 199 Å². The maximum Gasteiger partial charge on any atom is 0.161 e. The molecule has 0 amide bonds. The maximum atomic E-state index is 6.09. The molecule has 0 aromatic heterocycles. The van der Waals surface area contributed by atoms with Gasteiger partial charge in [0.2, 0.25) is 0 Å². The average molecular weight is 467 g/mol. The predicted octanol–water partition coefficient (Wildman–Crippen LogP) is 5.64. The van der Waals surface area contributed by atoms with Crippen LogP contribution in [0.5, 0.6) is 11.5 Å². The van der Waals surface area contributed by atoms with Gasteiger partial charge in [-0.25, -0.2) is 0 Å². The fourth-order valence-corrected chi connectivity index (χ4v) is 4.91.